The minimum Gasteiger partial charge on any atom is -0.494 e. The van der Waals surface area contributed by atoms with E-state index in [4.69, 9.17) is 4.74 Å². The number of aromatic nitrogens is 4. The highest BCUT2D eigenvalue weighted by Crippen LogP contribution is 2.22. The molecule has 0 spiro atoms. The van der Waals surface area contributed by atoms with Crippen molar-refractivity contribution in [3.63, 3.8) is 0 Å². The molecule has 1 aliphatic rings. The van der Waals surface area contributed by atoms with E-state index in [-0.39, 0.29) is 18.0 Å². The first-order valence-electron chi connectivity index (χ1n) is 10.7. The molecule has 1 saturated heterocycles. The summed E-state index contributed by atoms with van der Waals surface area (Å²) in [5, 5.41) is 24.5. The van der Waals surface area contributed by atoms with E-state index in [0.29, 0.717) is 43.1 Å². The smallest absolute Gasteiger partial charge is 0.271 e. The maximum absolute atomic E-state index is 12.8. The summed E-state index contributed by atoms with van der Waals surface area (Å²) in [6, 6.07) is 9.57. The first-order valence-corrected chi connectivity index (χ1v) is 10.7. The van der Waals surface area contributed by atoms with Gasteiger partial charge in [0.2, 0.25) is 5.88 Å². The minimum absolute atomic E-state index is 0.0133. The number of pyridine rings is 1. The first-order chi connectivity index (χ1) is 16.1. The van der Waals surface area contributed by atoms with Crippen LogP contribution in [0, 0.1) is 18.3 Å². The number of rotatable bonds is 7. The lowest BCUT2D eigenvalue weighted by atomic mass is 10.1. The second-order valence-electron chi connectivity index (χ2n) is 7.78. The van der Waals surface area contributed by atoms with Crippen LogP contribution in [0.15, 0.2) is 46.7 Å². The number of benzene rings is 1. The van der Waals surface area contributed by atoms with Crippen molar-refractivity contribution in [3.8, 4) is 11.9 Å². The van der Waals surface area contributed by atoms with Crippen LogP contribution >= 0.6 is 0 Å². The van der Waals surface area contributed by atoms with Crippen LogP contribution in [0.4, 0.5) is 5.69 Å². The van der Waals surface area contributed by atoms with Crippen LogP contribution in [-0.2, 0) is 17.8 Å². The number of hydrogen-bond donors (Lipinski definition) is 1. The van der Waals surface area contributed by atoms with Crippen molar-refractivity contribution in [2.45, 2.75) is 20.0 Å². The molecule has 3 heterocycles. The van der Waals surface area contributed by atoms with Crippen LogP contribution in [0.1, 0.15) is 22.3 Å². The number of ether oxygens (including phenoxy) is 1. The average Bonchev–Trinajstić information content (AvgIpc) is 3.34. The Bertz CT molecular complexity index is 1220. The van der Waals surface area contributed by atoms with Gasteiger partial charge in [-0.2, -0.15) is 10.4 Å². The number of nitriles is 1. The highest BCUT2D eigenvalue weighted by molar-refractivity contribution is 5.87. The molecule has 1 aliphatic heterocycles. The molecule has 33 heavy (non-hydrogen) atoms. The zero-order valence-corrected chi connectivity index (χ0v) is 18.4. The van der Waals surface area contributed by atoms with Gasteiger partial charge in [-0.15, -0.1) is 0 Å². The van der Waals surface area contributed by atoms with Gasteiger partial charge in [-0.25, -0.2) is 9.67 Å². The lowest BCUT2D eigenvalue weighted by Gasteiger charge is -2.27. The molecule has 170 valence electrons. The van der Waals surface area contributed by atoms with E-state index in [1.54, 1.807) is 17.9 Å². The molecular formula is C23H25N7O3. The number of nitrogens with zero attached hydrogens (tertiary/aromatic N) is 7. The molecule has 3 aromatic rings. The summed E-state index contributed by atoms with van der Waals surface area (Å²) in [5.74, 6) is -0.184. The monoisotopic (exact) mass is 447 g/mol. The fourth-order valence-electron chi connectivity index (χ4n) is 3.73. The van der Waals surface area contributed by atoms with Crippen molar-refractivity contribution in [2.24, 2.45) is 4.99 Å². The van der Waals surface area contributed by atoms with Crippen molar-refractivity contribution in [1.82, 2.24) is 24.2 Å². The van der Waals surface area contributed by atoms with Crippen LogP contribution in [0.25, 0.3) is 0 Å². The topological polar surface area (TPSA) is 122 Å². The molecule has 0 radical (unpaired) electrons. The van der Waals surface area contributed by atoms with Crippen LogP contribution < -0.4 is 5.56 Å². The summed E-state index contributed by atoms with van der Waals surface area (Å²) in [4.78, 5) is 23.3. The van der Waals surface area contributed by atoms with Crippen molar-refractivity contribution < 1.29 is 9.84 Å². The molecule has 0 bridgehead atoms. The van der Waals surface area contributed by atoms with Crippen LogP contribution in [0.2, 0.25) is 0 Å². The third-order valence-corrected chi connectivity index (χ3v) is 5.68. The molecule has 10 heteroatoms. The van der Waals surface area contributed by atoms with Gasteiger partial charge < -0.3 is 9.84 Å². The van der Waals surface area contributed by atoms with Gasteiger partial charge in [0.05, 0.1) is 31.0 Å². The molecular weight excluding hydrogens is 422 g/mol. The Morgan fingerprint density at radius 2 is 2.00 bits per heavy atom. The highest BCUT2D eigenvalue weighted by Gasteiger charge is 2.19. The largest absolute Gasteiger partial charge is 0.494 e. The summed E-state index contributed by atoms with van der Waals surface area (Å²) in [5.41, 5.74) is 2.02. The Balaban J connectivity index is 1.56. The van der Waals surface area contributed by atoms with E-state index in [0.717, 1.165) is 18.7 Å². The standard InChI is InChI=1S/C23H25N7O3/c1-17-20(12-24)22(31)30(7-6-28-8-10-33-11-9-28)23(32)21(17)13-26-19-4-2-18(3-5-19)14-29-16-25-15-27-29/h2-5,13,15-16,32H,6-11,14H2,1H3. The normalized spacial score (nSPS) is 14.5. The maximum Gasteiger partial charge on any atom is 0.271 e. The van der Waals surface area contributed by atoms with E-state index >= 15 is 0 Å². The Kier molecular flexibility index (Phi) is 6.92. The van der Waals surface area contributed by atoms with Gasteiger partial charge in [-0.3, -0.25) is 19.3 Å². The zero-order valence-electron chi connectivity index (χ0n) is 18.4. The van der Waals surface area contributed by atoms with Crippen molar-refractivity contribution in [2.75, 3.05) is 32.8 Å². The van der Waals surface area contributed by atoms with E-state index in [9.17, 15) is 15.2 Å². The van der Waals surface area contributed by atoms with E-state index in [1.807, 2.05) is 30.3 Å². The van der Waals surface area contributed by atoms with Crippen LogP contribution in [-0.4, -0.2) is 68.4 Å². The number of morpholine rings is 1. The quantitative estimate of drug-likeness (QED) is 0.544. The molecule has 1 fully saturated rings. The predicted molar refractivity (Wildman–Crippen MR) is 122 cm³/mol. The summed E-state index contributed by atoms with van der Waals surface area (Å²) in [6.07, 6.45) is 4.64. The van der Waals surface area contributed by atoms with Gasteiger partial charge in [0.1, 0.15) is 24.3 Å². The van der Waals surface area contributed by atoms with Crippen LogP contribution in [0.3, 0.4) is 0 Å². The SMILES string of the molecule is Cc1c(C=Nc2ccc(Cn3cncn3)cc2)c(O)n(CCN2CCOCC2)c(=O)c1C#N. The third kappa shape index (κ3) is 5.16. The molecule has 0 amide bonds. The Labute approximate surface area is 191 Å². The zero-order chi connectivity index (χ0) is 23.2. The van der Waals surface area contributed by atoms with Gasteiger partial charge in [0.15, 0.2) is 0 Å². The first kappa shape index (κ1) is 22.4. The molecule has 0 unspecified atom stereocenters. The molecule has 4 rings (SSSR count). The molecule has 0 aliphatic carbocycles. The average molecular weight is 447 g/mol. The van der Waals surface area contributed by atoms with Crippen LogP contribution in [0.5, 0.6) is 5.88 Å². The Morgan fingerprint density at radius 1 is 1.24 bits per heavy atom. The molecule has 0 saturated carbocycles. The van der Waals surface area contributed by atoms with E-state index in [1.165, 1.54) is 17.1 Å². The van der Waals surface area contributed by atoms with E-state index < -0.39 is 5.56 Å². The molecule has 10 nitrogen and oxygen atoms in total. The second-order valence-corrected chi connectivity index (χ2v) is 7.78. The minimum atomic E-state index is -0.490. The molecule has 1 N–H and O–H groups in total. The third-order valence-electron chi connectivity index (χ3n) is 5.68. The summed E-state index contributed by atoms with van der Waals surface area (Å²) >= 11 is 0. The van der Waals surface area contributed by atoms with Gasteiger partial charge in [-0.1, -0.05) is 12.1 Å². The summed E-state index contributed by atoms with van der Waals surface area (Å²) in [6.45, 7) is 5.94. The van der Waals surface area contributed by atoms with Crippen molar-refractivity contribution in [3.05, 3.63) is 69.5 Å². The molecule has 1 aromatic carbocycles. The fraction of sp³-hybridized carbons (Fsp3) is 0.348. The van der Waals surface area contributed by atoms with Gasteiger partial charge >= 0.3 is 0 Å². The lowest BCUT2D eigenvalue weighted by molar-refractivity contribution is 0.0360. The van der Waals surface area contributed by atoms with Gasteiger partial charge in [0, 0.05) is 32.4 Å². The number of aliphatic imine (C=N–C) groups is 1. The van der Waals surface area contributed by atoms with Crippen molar-refractivity contribution >= 4 is 11.9 Å². The van der Waals surface area contributed by atoms with Gasteiger partial charge in [-0.05, 0) is 30.2 Å². The van der Waals surface area contributed by atoms with Crippen molar-refractivity contribution in [1.29, 1.82) is 5.26 Å². The molecule has 2 aromatic heterocycles. The second kappa shape index (κ2) is 10.2. The van der Waals surface area contributed by atoms with Gasteiger partial charge in [0.25, 0.3) is 5.56 Å². The maximum atomic E-state index is 12.8. The summed E-state index contributed by atoms with van der Waals surface area (Å²) < 4.78 is 8.33. The molecule has 0 atom stereocenters. The number of aromatic hydroxyl groups is 1. The highest BCUT2D eigenvalue weighted by atomic mass is 16.5. The Hall–Kier alpha value is -3.81. The Morgan fingerprint density at radius 3 is 2.67 bits per heavy atom. The number of hydrogen-bond acceptors (Lipinski definition) is 8. The summed E-state index contributed by atoms with van der Waals surface area (Å²) in [7, 11) is 0. The van der Waals surface area contributed by atoms with E-state index in [2.05, 4.69) is 20.0 Å². The predicted octanol–water partition coefficient (Wildman–Crippen LogP) is 1.46. The lowest BCUT2D eigenvalue weighted by Crippen LogP contribution is -2.39. The fourth-order valence-corrected chi connectivity index (χ4v) is 3.73.